The van der Waals surface area contributed by atoms with Crippen molar-refractivity contribution in [3.05, 3.63) is 11.6 Å². The molecule has 0 saturated heterocycles. The van der Waals surface area contributed by atoms with Crippen LogP contribution in [0.1, 0.15) is 85.5 Å². The number of esters is 1. The lowest BCUT2D eigenvalue weighted by atomic mass is 9.45. The van der Waals surface area contributed by atoms with Gasteiger partial charge in [-0.3, -0.25) is 9.59 Å². The molecule has 0 aromatic heterocycles. The van der Waals surface area contributed by atoms with Crippen LogP contribution in [0.3, 0.4) is 0 Å². The van der Waals surface area contributed by atoms with Crippen LogP contribution in [0, 0.1) is 34.5 Å². The van der Waals surface area contributed by atoms with E-state index < -0.39 is 0 Å². The Morgan fingerprint density at radius 2 is 1.96 bits per heavy atom. The van der Waals surface area contributed by atoms with E-state index in [2.05, 4.69) is 20.8 Å². The van der Waals surface area contributed by atoms with Gasteiger partial charge in [0.05, 0.1) is 0 Å². The molecule has 3 heteroatoms. The molecule has 3 nitrogen and oxygen atoms in total. The summed E-state index contributed by atoms with van der Waals surface area (Å²) in [6, 6.07) is 0. The molecule has 0 radical (unpaired) electrons. The first kappa shape index (κ1) is 19.2. The first-order valence-corrected chi connectivity index (χ1v) is 11.2. The molecule has 0 aromatic rings. The van der Waals surface area contributed by atoms with Gasteiger partial charge in [-0.25, -0.2) is 0 Å². The Balaban J connectivity index is 1.60. The van der Waals surface area contributed by atoms with Gasteiger partial charge < -0.3 is 4.74 Å². The van der Waals surface area contributed by atoms with Crippen molar-refractivity contribution < 1.29 is 14.3 Å². The molecule has 27 heavy (non-hydrogen) atoms. The first-order chi connectivity index (χ1) is 12.8. The number of hydrogen-bond donors (Lipinski definition) is 0. The van der Waals surface area contributed by atoms with Crippen LogP contribution in [-0.2, 0) is 14.3 Å². The summed E-state index contributed by atoms with van der Waals surface area (Å²) in [4.78, 5) is 24.2. The Morgan fingerprint density at radius 3 is 2.70 bits per heavy atom. The molecule has 3 saturated carbocycles. The molecular formula is C24H36O3. The van der Waals surface area contributed by atoms with Crippen LogP contribution in [0.25, 0.3) is 0 Å². The molecule has 0 bridgehead atoms. The maximum atomic E-state index is 12.2. The van der Waals surface area contributed by atoms with Crippen LogP contribution >= 0.6 is 0 Å². The molecule has 3 fully saturated rings. The molecule has 0 aromatic carbocycles. The van der Waals surface area contributed by atoms with Crippen LogP contribution < -0.4 is 0 Å². The number of rotatable bonds is 3. The molecule has 150 valence electrons. The fourth-order valence-corrected chi connectivity index (χ4v) is 7.47. The third kappa shape index (κ3) is 2.91. The van der Waals surface area contributed by atoms with Crippen molar-refractivity contribution in [1.29, 1.82) is 0 Å². The van der Waals surface area contributed by atoms with Crippen molar-refractivity contribution >= 4 is 11.8 Å². The lowest BCUT2D eigenvalue weighted by molar-refractivity contribution is -0.161. The average Bonchev–Trinajstić information content (AvgIpc) is 2.93. The van der Waals surface area contributed by atoms with Crippen molar-refractivity contribution in [1.82, 2.24) is 0 Å². The maximum Gasteiger partial charge on any atom is 0.306 e. The van der Waals surface area contributed by atoms with Crippen molar-refractivity contribution in [2.24, 2.45) is 34.5 Å². The maximum absolute atomic E-state index is 12.2. The van der Waals surface area contributed by atoms with E-state index in [9.17, 15) is 9.59 Å². The number of hydrogen-bond acceptors (Lipinski definition) is 3. The summed E-state index contributed by atoms with van der Waals surface area (Å²) in [6.45, 7) is 9.27. The molecular weight excluding hydrogens is 336 g/mol. The fraction of sp³-hybridized carbons (Fsp3) is 0.833. The molecule has 0 amide bonds. The van der Waals surface area contributed by atoms with Crippen molar-refractivity contribution in [3.63, 3.8) is 0 Å². The molecule has 4 rings (SSSR count). The predicted octanol–water partition coefficient (Wildman–Crippen LogP) is 5.48. The minimum atomic E-state index is -0.00818. The van der Waals surface area contributed by atoms with E-state index in [-0.39, 0.29) is 22.9 Å². The van der Waals surface area contributed by atoms with E-state index in [0.717, 1.165) is 38.5 Å². The second-order valence-corrected chi connectivity index (χ2v) is 10.4. The predicted molar refractivity (Wildman–Crippen MR) is 106 cm³/mol. The van der Waals surface area contributed by atoms with Gasteiger partial charge in [-0.15, -0.1) is 0 Å². The second-order valence-electron chi connectivity index (χ2n) is 10.4. The topological polar surface area (TPSA) is 43.4 Å². The van der Waals surface area contributed by atoms with Gasteiger partial charge >= 0.3 is 5.97 Å². The smallest absolute Gasteiger partial charge is 0.306 e. The molecule has 0 heterocycles. The quantitative estimate of drug-likeness (QED) is 0.616. The van der Waals surface area contributed by atoms with E-state index in [1.54, 1.807) is 0 Å². The van der Waals surface area contributed by atoms with Gasteiger partial charge in [-0.05, 0) is 80.1 Å². The highest BCUT2D eigenvalue weighted by molar-refractivity contribution is 5.91. The summed E-state index contributed by atoms with van der Waals surface area (Å²) in [5.41, 5.74) is 1.78. The summed E-state index contributed by atoms with van der Waals surface area (Å²) in [6.07, 6.45) is 10.9. The van der Waals surface area contributed by atoms with Gasteiger partial charge in [-0.2, -0.15) is 0 Å². The molecule has 0 N–H and O–H groups in total. The highest BCUT2D eigenvalue weighted by atomic mass is 16.5. The average molecular weight is 373 g/mol. The van der Waals surface area contributed by atoms with E-state index in [1.165, 1.54) is 18.4 Å². The van der Waals surface area contributed by atoms with Gasteiger partial charge in [0.2, 0.25) is 0 Å². The van der Waals surface area contributed by atoms with Crippen molar-refractivity contribution in [2.75, 3.05) is 0 Å². The van der Waals surface area contributed by atoms with Crippen LogP contribution in [-0.4, -0.2) is 17.9 Å². The minimum Gasteiger partial charge on any atom is -0.462 e. The zero-order valence-corrected chi connectivity index (χ0v) is 17.6. The van der Waals surface area contributed by atoms with Gasteiger partial charge in [0.1, 0.15) is 6.10 Å². The first-order valence-electron chi connectivity index (χ1n) is 11.2. The van der Waals surface area contributed by atoms with Crippen LogP contribution in [0.4, 0.5) is 0 Å². The zero-order chi connectivity index (χ0) is 19.4. The zero-order valence-electron chi connectivity index (χ0n) is 17.6. The molecule has 4 aliphatic rings. The lowest BCUT2D eigenvalue weighted by Crippen LogP contribution is -2.54. The normalized spacial score (nSPS) is 46.1. The summed E-state index contributed by atoms with van der Waals surface area (Å²) in [7, 11) is 0. The standard InChI is InChI=1S/C24H36O3/c1-5-6-21(26)27-20-8-7-18-22-15(2)13-16-14-17(25)9-11-23(16,3)19(22)10-12-24(18,20)4/h14-15,18-20,22H,5-13H2,1-4H3/t15-,18?,19?,20+,22?,23+,24+/m1/s1. The molecule has 0 spiro atoms. The fourth-order valence-electron chi connectivity index (χ4n) is 7.47. The molecule has 4 aliphatic carbocycles. The Labute approximate surface area is 164 Å². The van der Waals surface area contributed by atoms with E-state index in [0.29, 0.717) is 35.9 Å². The Bertz CT molecular complexity index is 665. The third-order valence-electron chi connectivity index (χ3n) is 8.95. The van der Waals surface area contributed by atoms with Crippen molar-refractivity contribution in [2.45, 2.75) is 91.6 Å². The highest BCUT2D eigenvalue weighted by Crippen LogP contribution is 2.66. The SMILES string of the molecule is CCCC(=O)O[C@H]1CCC2C3C(CC[C@@]21C)[C@@]1(C)CCC(=O)C=C1C[C@H]3C. The largest absolute Gasteiger partial charge is 0.462 e. The van der Waals surface area contributed by atoms with Crippen molar-refractivity contribution in [3.8, 4) is 0 Å². The van der Waals surface area contributed by atoms with Crippen LogP contribution in [0.2, 0.25) is 0 Å². The summed E-state index contributed by atoms with van der Waals surface area (Å²) < 4.78 is 5.99. The second kappa shape index (κ2) is 6.74. The Morgan fingerprint density at radius 1 is 1.19 bits per heavy atom. The number of carbonyl (C=O) groups excluding carboxylic acids is 2. The number of carbonyl (C=O) groups is 2. The number of ether oxygens (including phenoxy) is 1. The number of ketones is 1. The summed E-state index contributed by atoms with van der Waals surface area (Å²) in [5.74, 6) is 2.98. The summed E-state index contributed by atoms with van der Waals surface area (Å²) in [5, 5.41) is 0. The Kier molecular flexibility index (Phi) is 4.79. The van der Waals surface area contributed by atoms with Crippen LogP contribution in [0.5, 0.6) is 0 Å². The van der Waals surface area contributed by atoms with Gasteiger partial charge in [0, 0.05) is 18.3 Å². The van der Waals surface area contributed by atoms with Gasteiger partial charge in [0.25, 0.3) is 0 Å². The molecule has 7 atom stereocenters. The van der Waals surface area contributed by atoms with E-state index >= 15 is 0 Å². The lowest BCUT2D eigenvalue weighted by Gasteiger charge is -2.59. The number of fused-ring (bicyclic) bond motifs is 5. The highest BCUT2D eigenvalue weighted by Gasteiger charge is 2.61. The number of allylic oxidation sites excluding steroid dienone is 1. The molecule has 0 aliphatic heterocycles. The Hall–Kier alpha value is -1.12. The minimum absolute atomic E-state index is 0.00818. The van der Waals surface area contributed by atoms with Crippen LogP contribution in [0.15, 0.2) is 11.6 Å². The van der Waals surface area contributed by atoms with E-state index in [1.807, 2.05) is 13.0 Å². The summed E-state index contributed by atoms with van der Waals surface area (Å²) >= 11 is 0. The monoisotopic (exact) mass is 372 g/mol. The van der Waals surface area contributed by atoms with Gasteiger partial charge in [-0.1, -0.05) is 33.3 Å². The molecule has 3 unspecified atom stereocenters. The third-order valence-corrected chi connectivity index (χ3v) is 8.95. The van der Waals surface area contributed by atoms with Gasteiger partial charge in [0.15, 0.2) is 5.78 Å². The van der Waals surface area contributed by atoms with E-state index in [4.69, 9.17) is 4.74 Å².